The number of ether oxygens (including phenoxy) is 1. The molecule has 0 radical (unpaired) electrons. The van der Waals surface area contributed by atoms with Gasteiger partial charge in [0.25, 0.3) is 8.32 Å². The van der Waals surface area contributed by atoms with Gasteiger partial charge in [-0.1, -0.05) is 112 Å². The summed E-state index contributed by atoms with van der Waals surface area (Å²) in [6.07, 6.45) is 1.04. The highest BCUT2D eigenvalue weighted by Gasteiger charge is 2.43. The summed E-state index contributed by atoms with van der Waals surface area (Å²) in [4.78, 5) is 0. The van der Waals surface area contributed by atoms with Crippen molar-refractivity contribution in [3.63, 3.8) is 0 Å². The molecule has 0 heterocycles. The Morgan fingerprint density at radius 3 is 1.45 bits per heavy atom. The van der Waals surface area contributed by atoms with Crippen LogP contribution in [0.15, 0.2) is 91.0 Å². The normalized spacial score (nSPS) is 12.1. The van der Waals surface area contributed by atoms with Gasteiger partial charge >= 0.3 is 0 Å². The zero-order chi connectivity index (χ0) is 20.6. The number of benzene rings is 3. The molecule has 0 N–H and O–H groups in total. The van der Waals surface area contributed by atoms with E-state index in [0.717, 1.165) is 13.0 Å². The topological polar surface area (TPSA) is 18.5 Å². The zero-order valence-corrected chi connectivity index (χ0v) is 18.8. The maximum absolute atomic E-state index is 7.04. The van der Waals surface area contributed by atoms with E-state index in [1.165, 1.54) is 15.6 Å². The predicted molar refractivity (Wildman–Crippen MR) is 125 cm³/mol. The van der Waals surface area contributed by atoms with Crippen LogP contribution in [0, 0.1) is 5.41 Å². The average Bonchev–Trinajstić information content (AvgIpc) is 2.77. The van der Waals surface area contributed by atoms with E-state index in [9.17, 15) is 0 Å². The van der Waals surface area contributed by atoms with Crippen molar-refractivity contribution in [2.75, 3.05) is 19.8 Å². The highest BCUT2D eigenvalue weighted by molar-refractivity contribution is 7.07. The molecule has 0 saturated heterocycles. The molecule has 0 unspecified atom stereocenters. The standard InChI is InChI=1S/C26H32O2Si/c1-4-20-27-21-26(2,3)22-28-29(23-14-8-5-9-15-23,24-16-10-6-11-17-24)25-18-12-7-13-19-25/h5-19H,4,20-22H2,1-3H3. The second kappa shape index (κ2) is 10.0. The maximum atomic E-state index is 7.04. The van der Waals surface area contributed by atoms with Crippen molar-refractivity contribution in [3.8, 4) is 0 Å². The lowest BCUT2D eigenvalue weighted by Gasteiger charge is -2.36. The van der Waals surface area contributed by atoms with E-state index in [2.05, 4.69) is 112 Å². The quantitative estimate of drug-likeness (QED) is 0.287. The van der Waals surface area contributed by atoms with Gasteiger partial charge in [-0.2, -0.15) is 0 Å². The third-order valence-electron chi connectivity index (χ3n) is 5.06. The van der Waals surface area contributed by atoms with Gasteiger partial charge in [0.2, 0.25) is 0 Å². The molecule has 152 valence electrons. The second-order valence-corrected chi connectivity index (χ2v) is 11.7. The molecule has 3 aromatic carbocycles. The molecule has 0 fully saturated rings. The number of rotatable bonds is 10. The van der Waals surface area contributed by atoms with Crippen LogP contribution in [0.25, 0.3) is 0 Å². The van der Waals surface area contributed by atoms with Crippen molar-refractivity contribution in [2.45, 2.75) is 27.2 Å². The van der Waals surface area contributed by atoms with Crippen LogP contribution in [-0.4, -0.2) is 28.1 Å². The minimum absolute atomic E-state index is 0.0637. The fraction of sp³-hybridized carbons (Fsp3) is 0.308. The molecule has 0 spiro atoms. The molecule has 0 aliphatic heterocycles. The summed E-state index contributed by atoms with van der Waals surface area (Å²) >= 11 is 0. The van der Waals surface area contributed by atoms with E-state index in [4.69, 9.17) is 9.16 Å². The van der Waals surface area contributed by atoms with Crippen molar-refractivity contribution in [1.82, 2.24) is 0 Å². The fourth-order valence-corrected chi connectivity index (χ4v) is 7.70. The third-order valence-corrected chi connectivity index (χ3v) is 9.08. The summed E-state index contributed by atoms with van der Waals surface area (Å²) in [6.45, 7) is 8.72. The van der Waals surface area contributed by atoms with Crippen molar-refractivity contribution < 1.29 is 9.16 Å². The van der Waals surface area contributed by atoms with Gasteiger partial charge < -0.3 is 9.16 Å². The summed E-state index contributed by atoms with van der Waals surface area (Å²) in [6, 6.07) is 32.2. The minimum atomic E-state index is -2.64. The number of hydrogen-bond donors (Lipinski definition) is 0. The van der Waals surface area contributed by atoms with Crippen LogP contribution >= 0.6 is 0 Å². The predicted octanol–water partition coefficient (Wildman–Crippen LogP) is 4.12. The van der Waals surface area contributed by atoms with E-state index >= 15 is 0 Å². The summed E-state index contributed by atoms with van der Waals surface area (Å²) in [7, 11) is -2.64. The van der Waals surface area contributed by atoms with E-state index < -0.39 is 8.32 Å². The van der Waals surface area contributed by atoms with Crippen molar-refractivity contribution >= 4 is 23.9 Å². The molecular formula is C26H32O2Si. The average molecular weight is 405 g/mol. The Hall–Kier alpha value is -2.20. The molecule has 0 atom stereocenters. The van der Waals surface area contributed by atoms with Crippen LogP contribution in [0.3, 0.4) is 0 Å². The Kier molecular flexibility index (Phi) is 7.43. The van der Waals surface area contributed by atoms with Crippen LogP contribution in [-0.2, 0) is 9.16 Å². The highest BCUT2D eigenvalue weighted by atomic mass is 28.4. The molecule has 0 amide bonds. The van der Waals surface area contributed by atoms with Gasteiger partial charge in [0.1, 0.15) is 0 Å². The van der Waals surface area contributed by atoms with Crippen LogP contribution < -0.4 is 15.6 Å². The molecule has 2 nitrogen and oxygen atoms in total. The summed E-state index contributed by atoms with van der Waals surface area (Å²) in [5, 5.41) is 3.80. The van der Waals surface area contributed by atoms with Crippen LogP contribution in [0.4, 0.5) is 0 Å². The highest BCUT2D eigenvalue weighted by Crippen LogP contribution is 2.20. The Balaban J connectivity index is 2.05. The first-order valence-corrected chi connectivity index (χ1v) is 12.4. The summed E-state index contributed by atoms with van der Waals surface area (Å²) in [5.74, 6) is 0. The van der Waals surface area contributed by atoms with Crippen molar-refractivity contribution in [2.24, 2.45) is 5.41 Å². The molecule has 3 aromatic rings. The SMILES string of the molecule is CCCOCC(C)(C)CO[Si](c1ccccc1)(c1ccccc1)c1ccccc1. The Labute approximate surface area is 176 Å². The largest absolute Gasteiger partial charge is 0.404 e. The van der Waals surface area contributed by atoms with Crippen molar-refractivity contribution in [1.29, 1.82) is 0 Å². The summed E-state index contributed by atoms with van der Waals surface area (Å²) < 4.78 is 12.9. The zero-order valence-electron chi connectivity index (χ0n) is 17.8. The van der Waals surface area contributed by atoms with Gasteiger partial charge in [0, 0.05) is 18.6 Å². The molecule has 0 bridgehead atoms. The molecule has 3 rings (SSSR count). The van der Waals surface area contributed by atoms with Gasteiger partial charge in [-0.25, -0.2) is 0 Å². The first-order chi connectivity index (χ1) is 14.1. The van der Waals surface area contributed by atoms with Crippen LogP contribution in [0.5, 0.6) is 0 Å². The molecule has 0 aromatic heterocycles. The van der Waals surface area contributed by atoms with E-state index in [1.807, 2.05) is 0 Å². The Morgan fingerprint density at radius 1 is 0.655 bits per heavy atom. The molecule has 0 aliphatic carbocycles. The lowest BCUT2D eigenvalue weighted by molar-refractivity contribution is 0.0344. The fourth-order valence-electron chi connectivity index (χ4n) is 3.61. The van der Waals surface area contributed by atoms with Gasteiger partial charge in [0.15, 0.2) is 0 Å². The Bertz CT molecular complexity index is 751. The minimum Gasteiger partial charge on any atom is -0.404 e. The first kappa shape index (κ1) is 21.5. The molecule has 3 heteroatoms. The van der Waals surface area contributed by atoms with E-state index in [1.54, 1.807) is 0 Å². The maximum Gasteiger partial charge on any atom is 0.288 e. The third kappa shape index (κ3) is 5.24. The lowest BCUT2D eigenvalue weighted by atomic mass is 9.97. The van der Waals surface area contributed by atoms with E-state index in [0.29, 0.717) is 13.2 Å². The molecule has 29 heavy (non-hydrogen) atoms. The van der Waals surface area contributed by atoms with Gasteiger partial charge in [-0.15, -0.1) is 0 Å². The van der Waals surface area contributed by atoms with E-state index in [-0.39, 0.29) is 5.41 Å². The molecule has 0 aliphatic rings. The summed E-state index contributed by atoms with van der Waals surface area (Å²) in [5.41, 5.74) is -0.0637. The molecular weight excluding hydrogens is 372 g/mol. The first-order valence-electron chi connectivity index (χ1n) is 10.5. The smallest absolute Gasteiger partial charge is 0.288 e. The van der Waals surface area contributed by atoms with Gasteiger partial charge in [-0.05, 0) is 22.0 Å². The second-order valence-electron chi connectivity index (χ2n) is 8.28. The molecule has 0 saturated carbocycles. The monoisotopic (exact) mass is 404 g/mol. The lowest BCUT2D eigenvalue weighted by Crippen LogP contribution is -2.70. The van der Waals surface area contributed by atoms with Crippen molar-refractivity contribution in [3.05, 3.63) is 91.0 Å². The van der Waals surface area contributed by atoms with Gasteiger partial charge in [0.05, 0.1) is 6.61 Å². The Morgan fingerprint density at radius 2 is 1.07 bits per heavy atom. The van der Waals surface area contributed by atoms with Crippen LogP contribution in [0.1, 0.15) is 27.2 Å². The van der Waals surface area contributed by atoms with Gasteiger partial charge in [-0.3, -0.25) is 0 Å². The number of hydrogen-bond acceptors (Lipinski definition) is 2. The van der Waals surface area contributed by atoms with Crippen LogP contribution in [0.2, 0.25) is 0 Å².